The molecule has 0 aliphatic carbocycles. The van der Waals surface area contributed by atoms with Crippen LogP contribution in [-0.2, 0) is 11.3 Å². The predicted octanol–water partition coefficient (Wildman–Crippen LogP) is 3.86. The number of amides is 1. The molecule has 2 rings (SSSR count). The molecule has 0 saturated heterocycles. The van der Waals surface area contributed by atoms with Crippen LogP contribution in [0.4, 0.5) is 0 Å². The molecule has 0 unspecified atom stereocenters. The van der Waals surface area contributed by atoms with Crippen molar-refractivity contribution in [2.45, 2.75) is 57.8 Å². The van der Waals surface area contributed by atoms with Gasteiger partial charge in [-0.1, -0.05) is 44.1 Å². The number of carbonyl (C=O) groups excluding carboxylic acids is 1. The number of nitrogens with zero attached hydrogens (tertiary/aromatic N) is 2. The summed E-state index contributed by atoms with van der Waals surface area (Å²) in [6.07, 6.45) is 2.62. The Balaban J connectivity index is 2.28. The van der Waals surface area contributed by atoms with Gasteiger partial charge in [0, 0.05) is 17.6 Å². The van der Waals surface area contributed by atoms with Crippen LogP contribution in [0.25, 0.3) is 10.9 Å². The smallest absolute Gasteiger partial charge is 0.262 e. The molecule has 0 aliphatic heterocycles. The highest BCUT2D eigenvalue weighted by Gasteiger charge is 2.14. The molecule has 0 bridgehead atoms. The molecule has 0 radical (unpaired) electrons. The van der Waals surface area contributed by atoms with Crippen molar-refractivity contribution in [3.8, 4) is 0 Å². The zero-order chi connectivity index (χ0) is 18.4. The van der Waals surface area contributed by atoms with Gasteiger partial charge in [-0.05, 0) is 37.5 Å². The molecular weight excluding hydrogens is 358 g/mol. The van der Waals surface area contributed by atoms with Crippen molar-refractivity contribution >= 4 is 40.2 Å². The van der Waals surface area contributed by atoms with Crippen LogP contribution in [0.3, 0.4) is 0 Å². The van der Waals surface area contributed by atoms with E-state index in [1.54, 1.807) is 22.8 Å². The van der Waals surface area contributed by atoms with E-state index in [4.69, 9.17) is 11.6 Å². The Kier molecular flexibility index (Phi) is 7.32. The van der Waals surface area contributed by atoms with Crippen molar-refractivity contribution in [1.29, 1.82) is 0 Å². The molecule has 5 nitrogen and oxygen atoms in total. The molecule has 1 aromatic heterocycles. The largest absolute Gasteiger partial charge is 0.353 e. The summed E-state index contributed by atoms with van der Waals surface area (Å²) in [5.74, 6) is 0.195. The Labute approximate surface area is 157 Å². The SMILES string of the molecule is CCCn1c(SCC(=O)NC(CC)CC)nc2cc(Cl)ccc2c1=O. The van der Waals surface area contributed by atoms with Crippen LogP contribution in [0.5, 0.6) is 0 Å². The highest BCUT2D eigenvalue weighted by molar-refractivity contribution is 7.99. The number of fused-ring (bicyclic) bond motifs is 1. The second-order valence-electron chi connectivity index (χ2n) is 5.88. The predicted molar refractivity (Wildman–Crippen MR) is 105 cm³/mol. The number of thioether (sulfide) groups is 1. The fourth-order valence-corrected chi connectivity index (χ4v) is 3.60. The van der Waals surface area contributed by atoms with Gasteiger partial charge in [-0.25, -0.2) is 4.98 Å². The van der Waals surface area contributed by atoms with Gasteiger partial charge in [0.1, 0.15) is 0 Å². The lowest BCUT2D eigenvalue weighted by molar-refractivity contribution is -0.119. The Bertz CT molecular complexity index is 803. The zero-order valence-corrected chi connectivity index (χ0v) is 16.4. The minimum absolute atomic E-state index is 0.0396. The maximum Gasteiger partial charge on any atom is 0.262 e. The Morgan fingerprint density at radius 3 is 2.68 bits per heavy atom. The normalized spacial score (nSPS) is 11.2. The van der Waals surface area contributed by atoms with Gasteiger partial charge in [-0.15, -0.1) is 0 Å². The Morgan fingerprint density at radius 2 is 2.04 bits per heavy atom. The van der Waals surface area contributed by atoms with E-state index in [0.29, 0.717) is 27.6 Å². The quantitative estimate of drug-likeness (QED) is 0.557. The topological polar surface area (TPSA) is 64.0 Å². The van der Waals surface area contributed by atoms with Crippen LogP contribution in [0.1, 0.15) is 40.0 Å². The second kappa shape index (κ2) is 9.25. The van der Waals surface area contributed by atoms with Gasteiger partial charge in [0.15, 0.2) is 5.16 Å². The average Bonchev–Trinajstić information content (AvgIpc) is 2.60. The van der Waals surface area contributed by atoms with Crippen LogP contribution < -0.4 is 10.9 Å². The summed E-state index contributed by atoms with van der Waals surface area (Å²) in [7, 11) is 0. The standard InChI is InChI=1S/C18H24ClN3O2S/c1-4-9-22-17(24)14-8-7-12(19)10-15(14)21-18(22)25-11-16(23)20-13(5-2)6-3/h7-8,10,13H,4-6,9,11H2,1-3H3,(H,20,23). The lowest BCUT2D eigenvalue weighted by atomic mass is 10.2. The number of hydrogen-bond acceptors (Lipinski definition) is 4. The van der Waals surface area contributed by atoms with Crippen molar-refractivity contribution in [2.24, 2.45) is 0 Å². The van der Waals surface area contributed by atoms with E-state index in [9.17, 15) is 9.59 Å². The number of rotatable bonds is 8. The molecule has 7 heteroatoms. The number of aromatic nitrogens is 2. The summed E-state index contributed by atoms with van der Waals surface area (Å²) in [5, 5.41) is 4.64. The first kappa shape index (κ1) is 19.8. The van der Waals surface area contributed by atoms with Gasteiger partial charge in [0.05, 0.1) is 16.7 Å². The summed E-state index contributed by atoms with van der Waals surface area (Å²) in [4.78, 5) is 29.4. The van der Waals surface area contributed by atoms with Crippen molar-refractivity contribution in [2.75, 3.05) is 5.75 Å². The van der Waals surface area contributed by atoms with Gasteiger partial charge in [0.2, 0.25) is 5.91 Å². The fraction of sp³-hybridized carbons (Fsp3) is 0.500. The lowest BCUT2D eigenvalue weighted by Crippen LogP contribution is -2.35. The maximum absolute atomic E-state index is 12.7. The van der Waals surface area contributed by atoms with Crippen LogP contribution in [0.15, 0.2) is 28.2 Å². The molecule has 0 atom stereocenters. The summed E-state index contributed by atoms with van der Waals surface area (Å²) >= 11 is 7.31. The van der Waals surface area contributed by atoms with E-state index >= 15 is 0 Å². The van der Waals surface area contributed by atoms with Gasteiger partial charge in [0.25, 0.3) is 5.56 Å². The van der Waals surface area contributed by atoms with E-state index in [-0.39, 0.29) is 23.3 Å². The lowest BCUT2D eigenvalue weighted by Gasteiger charge is -2.15. The van der Waals surface area contributed by atoms with E-state index in [2.05, 4.69) is 24.1 Å². The van der Waals surface area contributed by atoms with Crippen molar-refractivity contribution in [3.63, 3.8) is 0 Å². The maximum atomic E-state index is 12.7. The molecule has 2 aromatic rings. The van der Waals surface area contributed by atoms with Crippen LogP contribution in [0, 0.1) is 0 Å². The molecule has 1 heterocycles. The Hall–Kier alpha value is -1.53. The molecule has 25 heavy (non-hydrogen) atoms. The minimum Gasteiger partial charge on any atom is -0.353 e. The van der Waals surface area contributed by atoms with Crippen LogP contribution in [0.2, 0.25) is 5.02 Å². The van der Waals surface area contributed by atoms with Crippen molar-refractivity contribution < 1.29 is 4.79 Å². The second-order valence-corrected chi connectivity index (χ2v) is 7.26. The molecule has 1 N–H and O–H groups in total. The van der Waals surface area contributed by atoms with Gasteiger partial charge < -0.3 is 5.32 Å². The first-order valence-electron chi connectivity index (χ1n) is 8.62. The number of benzene rings is 1. The van der Waals surface area contributed by atoms with E-state index in [1.165, 1.54) is 11.8 Å². The monoisotopic (exact) mass is 381 g/mol. The van der Waals surface area contributed by atoms with Gasteiger partial charge in [-0.2, -0.15) is 0 Å². The van der Waals surface area contributed by atoms with Crippen molar-refractivity contribution in [1.82, 2.24) is 14.9 Å². The van der Waals surface area contributed by atoms with Crippen molar-refractivity contribution in [3.05, 3.63) is 33.6 Å². The third-order valence-electron chi connectivity index (χ3n) is 4.01. The number of halogens is 1. The third kappa shape index (κ3) is 4.98. The number of nitrogens with one attached hydrogen (secondary N) is 1. The number of hydrogen-bond donors (Lipinski definition) is 1. The summed E-state index contributed by atoms with van der Waals surface area (Å²) in [6, 6.07) is 5.27. The minimum atomic E-state index is -0.0913. The highest BCUT2D eigenvalue weighted by atomic mass is 35.5. The summed E-state index contributed by atoms with van der Waals surface area (Å²) in [5.41, 5.74) is 0.471. The molecule has 1 aromatic carbocycles. The van der Waals surface area contributed by atoms with E-state index < -0.39 is 0 Å². The third-order valence-corrected chi connectivity index (χ3v) is 5.22. The molecular formula is C18H24ClN3O2S. The molecule has 0 fully saturated rings. The van der Waals surface area contributed by atoms with Gasteiger partial charge in [-0.3, -0.25) is 14.2 Å². The highest BCUT2D eigenvalue weighted by Crippen LogP contribution is 2.20. The van der Waals surface area contributed by atoms with E-state index in [1.807, 2.05) is 6.92 Å². The Morgan fingerprint density at radius 1 is 1.32 bits per heavy atom. The average molecular weight is 382 g/mol. The summed E-state index contributed by atoms with van der Waals surface area (Å²) in [6.45, 7) is 6.68. The fourth-order valence-electron chi connectivity index (χ4n) is 2.60. The first-order valence-corrected chi connectivity index (χ1v) is 9.98. The van der Waals surface area contributed by atoms with Crippen LogP contribution >= 0.6 is 23.4 Å². The molecule has 0 saturated carbocycles. The zero-order valence-electron chi connectivity index (χ0n) is 14.8. The first-order chi connectivity index (χ1) is 12.0. The molecule has 0 spiro atoms. The number of carbonyl (C=O) groups is 1. The summed E-state index contributed by atoms with van der Waals surface area (Å²) < 4.78 is 1.64. The molecule has 1 amide bonds. The molecule has 136 valence electrons. The van der Waals surface area contributed by atoms with Gasteiger partial charge >= 0.3 is 0 Å². The van der Waals surface area contributed by atoms with Crippen LogP contribution in [-0.4, -0.2) is 27.3 Å². The van der Waals surface area contributed by atoms with E-state index in [0.717, 1.165) is 19.3 Å². The molecule has 0 aliphatic rings.